The van der Waals surface area contributed by atoms with Crippen molar-refractivity contribution < 1.29 is 9.53 Å². The first kappa shape index (κ1) is 18.7. The Bertz CT molecular complexity index is 691. The predicted octanol–water partition coefficient (Wildman–Crippen LogP) is 1.43. The summed E-state index contributed by atoms with van der Waals surface area (Å²) < 4.78 is 5.22. The second-order valence-electron chi connectivity index (χ2n) is 5.88. The lowest BCUT2D eigenvalue weighted by atomic mass is 10.1. The Balaban J connectivity index is 1.85. The van der Waals surface area contributed by atoms with Crippen LogP contribution in [0.1, 0.15) is 16.1 Å². The highest BCUT2D eigenvalue weighted by Gasteiger charge is 2.08. The van der Waals surface area contributed by atoms with Gasteiger partial charge in [-0.25, -0.2) is 9.97 Å². The third kappa shape index (κ3) is 6.39. The molecule has 2 rings (SSSR count). The standard InChI is InChI=1S/C18H25N5O2/c1-23(2)10-9-20-18(24)16-12-17(22-13-21-16)19-8-7-14-5-4-6-15(11-14)25-3/h4-6,11-13H,7-10H2,1-3H3,(H,20,24)(H,19,21,22). The zero-order chi connectivity index (χ0) is 18.1. The van der Waals surface area contributed by atoms with Crippen molar-refractivity contribution in [3.63, 3.8) is 0 Å². The number of likely N-dealkylation sites (N-methyl/N-ethyl adjacent to an activating group) is 1. The number of aromatic nitrogens is 2. The molecule has 0 aliphatic rings. The topological polar surface area (TPSA) is 79.4 Å². The lowest BCUT2D eigenvalue weighted by Crippen LogP contribution is -2.31. The molecule has 1 amide bonds. The van der Waals surface area contributed by atoms with Gasteiger partial charge in [-0.2, -0.15) is 0 Å². The Morgan fingerprint density at radius 3 is 2.80 bits per heavy atom. The molecule has 1 aromatic heterocycles. The summed E-state index contributed by atoms with van der Waals surface area (Å²) in [5.74, 6) is 1.28. The first-order valence-electron chi connectivity index (χ1n) is 8.20. The van der Waals surface area contributed by atoms with Crippen molar-refractivity contribution in [2.24, 2.45) is 0 Å². The molecule has 25 heavy (non-hydrogen) atoms. The van der Waals surface area contributed by atoms with Crippen LogP contribution in [-0.2, 0) is 6.42 Å². The number of amides is 1. The van der Waals surface area contributed by atoms with Crippen molar-refractivity contribution in [1.82, 2.24) is 20.2 Å². The lowest BCUT2D eigenvalue weighted by Gasteiger charge is -2.11. The Morgan fingerprint density at radius 2 is 2.04 bits per heavy atom. The van der Waals surface area contributed by atoms with Crippen LogP contribution in [0.2, 0.25) is 0 Å². The van der Waals surface area contributed by atoms with Crippen LogP contribution in [-0.4, -0.2) is 61.6 Å². The molecule has 0 aliphatic heterocycles. The summed E-state index contributed by atoms with van der Waals surface area (Å²) in [4.78, 5) is 22.3. The van der Waals surface area contributed by atoms with Crippen LogP contribution < -0.4 is 15.4 Å². The summed E-state index contributed by atoms with van der Waals surface area (Å²) in [5.41, 5.74) is 1.53. The molecule has 134 valence electrons. The van der Waals surface area contributed by atoms with Crippen LogP contribution >= 0.6 is 0 Å². The van der Waals surface area contributed by atoms with Gasteiger partial charge in [0.15, 0.2) is 0 Å². The van der Waals surface area contributed by atoms with E-state index in [-0.39, 0.29) is 5.91 Å². The molecule has 0 fully saturated rings. The van der Waals surface area contributed by atoms with E-state index in [0.717, 1.165) is 18.7 Å². The van der Waals surface area contributed by atoms with E-state index in [2.05, 4.69) is 20.6 Å². The van der Waals surface area contributed by atoms with E-state index >= 15 is 0 Å². The summed E-state index contributed by atoms with van der Waals surface area (Å²) in [7, 11) is 5.58. The largest absolute Gasteiger partial charge is 0.497 e. The number of ether oxygens (including phenoxy) is 1. The number of carbonyl (C=O) groups excluding carboxylic acids is 1. The fourth-order valence-electron chi connectivity index (χ4n) is 2.22. The number of methoxy groups -OCH3 is 1. The normalized spacial score (nSPS) is 10.6. The van der Waals surface area contributed by atoms with Gasteiger partial charge in [0.2, 0.25) is 0 Å². The highest BCUT2D eigenvalue weighted by Crippen LogP contribution is 2.13. The molecule has 7 heteroatoms. The SMILES string of the molecule is COc1cccc(CCNc2cc(C(=O)NCCN(C)C)ncn2)c1. The van der Waals surface area contributed by atoms with E-state index in [1.54, 1.807) is 13.2 Å². The number of rotatable bonds is 9. The average molecular weight is 343 g/mol. The molecule has 0 spiro atoms. The van der Waals surface area contributed by atoms with Crippen LogP contribution in [0.25, 0.3) is 0 Å². The molecule has 0 saturated heterocycles. The summed E-state index contributed by atoms with van der Waals surface area (Å²) in [5, 5.41) is 6.06. The molecule has 0 bridgehead atoms. The highest BCUT2D eigenvalue weighted by atomic mass is 16.5. The van der Waals surface area contributed by atoms with Crippen LogP contribution in [0.15, 0.2) is 36.7 Å². The van der Waals surface area contributed by atoms with Crippen molar-refractivity contribution in [3.8, 4) is 5.75 Å². The molecule has 2 aromatic rings. The van der Waals surface area contributed by atoms with E-state index in [0.29, 0.717) is 24.6 Å². The Morgan fingerprint density at radius 1 is 1.20 bits per heavy atom. The van der Waals surface area contributed by atoms with Crippen molar-refractivity contribution in [3.05, 3.63) is 47.9 Å². The summed E-state index contributed by atoms with van der Waals surface area (Å²) in [6, 6.07) is 9.60. The maximum Gasteiger partial charge on any atom is 0.270 e. The molecule has 2 N–H and O–H groups in total. The Kier molecular flexibility index (Phi) is 7.16. The Hall–Kier alpha value is -2.67. The molecule has 7 nitrogen and oxygen atoms in total. The second kappa shape index (κ2) is 9.58. The minimum Gasteiger partial charge on any atom is -0.497 e. The first-order valence-corrected chi connectivity index (χ1v) is 8.20. The molecule has 0 unspecified atom stereocenters. The molecule has 0 radical (unpaired) electrons. The number of nitrogens with one attached hydrogen (secondary N) is 2. The zero-order valence-corrected chi connectivity index (χ0v) is 15.0. The molecular formula is C18H25N5O2. The van der Waals surface area contributed by atoms with Gasteiger partial charge in [0.05, 0.1) is 7.11 Å². The smallest absolute Gasteiger partial charge is 0.270 e. The van der Waals surface area contributed by atoms with E-state index in [4.69, 9.17) is 4.74 Å². The first-order chi connectivity index (χ1) is 12.1. The lowest BCUT2D eigenvalue weighted by molar-refractivity contribution is 0.0946. The summed E-state index contributed by atoms with van der Waals surface area (Å²) >= 11 is 0. The third-order valence-electron chi connectivity index (χ3n) is 3.60. The van der Waals surface area contributed by atoms with E-state index in [1.807, 2.05) is 43.3 Å². The van der Waals surface area contributed by atoms with Gasteiger partial charge >= 0.3 is 0 Å². The van der Waals surface area contributed by atoms with Crippen LogP contribution in [0.4, 0.5) is 5.82 Å². The zero-order valence-electron chi connectivity index (χ0n) is 15.0. The minimum absolute atomic E-state index is 0.194. The van der Waals surface area contributed by atoms with Crippen molar-refractivity contribution in [1.29, 1.82) is 0 Å². The van der Waals surface area contributed by atoms with E-state index in [1.165, 1.54) is 11.9 Å². The van der Waals surface area contributed by atoms with Crippen molar-refractivity contribution >= 4 is 11.7 Å². The number of hydrogen-bond acceptors (Lipinski definition) is 6. The fraction of sp³-hybridized carbons (Fsp3) is 0.389. The molecule has 1 aromatic carbocycles. The van der Waals surface area contributed by atoms with Gasteiger partial charge in [0.1, 0.15) is 23.6 Å². The van der Waals surface area contributed by atoms with Gasteiger partial charge in [-0.15, -0.1) is 0 Å². The van der Waals surface area contributed by atoms with Crippen molar-refractivity contribution in [2.75, 3.05) is 46.2 Å². The van der Waals surface area contributed by atoms with E-state index in [9.17, 15) is 4.79 Å². The quantitative estimate of drug-likeness (QED) is 0.717. The number of nitrogens with zero attached hydrogens (tertiary/aromatic N) is 3. The number of carbonyl (C=O) groups is 1. The maximum atomic E-state index is 12.1. The Labute approximate surface area is 148 Å². The molecule has 1 heterocycles. The van der Waals surface area contributed by atoms with Gasteiger partial charge in [0.25, 0.3) is 5.91 Å². The maximum absolute atomic E-state index is 12.1. The van der Waals surface area contributed by atoms with Crippen LogP contribution in [0, 0.1) is 0 Å². The van der Waals surface area contributed by atoms with Gasteiger partial charge in [0, 0.05) is 25.7 Å². The van der Waals surface area contributed by atoms with E-state index < -0.39 is 0 Å². The second-order valence-corrected chi connectivity index (χ2v) is 5.88. The van der Waals surface area contributed by atoms with Crippen LogP contribution in [0.3, 0.4) is 0 Å². The number of hydrogen-bond donors (Lipinski definition) is 2. The number of benzene rings is 1. The molecule has 0 aliphatic carbocycles. The summed E-state index contributed by atoms with van der Waals surface area (Å²) in [6.07, 6.45) is 2.22. The average Bonchev–Trinajstić information content (AvgIpc) is 2.62. The highest BCUT2D eigenvalue weighted by molar-refractivity contribution is 5.92. The number of anilines is 1. The molecular weight excluding hydrogens is 318 g/mol. The monoisotopic (exact) mass is 343 g/mol. The molecule has 0 saturated carbocycles. The van der Waals surface area contributed by atoms with Crippen molar-refractivity contribution in [2.45, 2.75) is 6.42 Å². The third-order valence-corrected chi connectivity index (χ3v) is 3.60. The van der Waals surface area contributed by atoms with Crippen LogP contribution in [0.5, 0.6) is 5.75 Å². The summed E-state index contributed by atoms with van der Waals surface area (Å²) in [6.45, 7) is 2.06. The predicted molar refractivity (Wildman–Crippen MR) is 98.1 cm³/mol. The van der Waals surface area contributed by atoms with Gasteiger partial charge in [-0.3, -0.25) is 4.79 Å². The van der Waals surface area contributed by atoms with Gasteiger partial charge in [-0.1, -0.05) is 12.1 Å². The van der Waals surface area contributed by atoms with Gasteiger partial charge < -0.3 is 20.3 Å². The van der Waals surface area contributed by atoms with Gasteiger partial charge in [-0.05, 0) is 38.2 Å². The minimum atomic E-state index is -0.194. The fourth-order valence-corrected chi connectivity index (χ4v) is 2.22. The molecule has 0 atom stereocenters.